The fourth-order valence-electron chi connectivity index (χ4n) is 2.41. The largest absolute Gasteiger partial charge is 0.493 e. The van der Waals surface area contributed by atoms with E-state index in [1.807, 2.05) is 12.1 Å². The first-order chi connectivity index (χ1) is 11.1. The fourth-order valence-corrected chi connectivity index (χ4v) is 2.41. The molecule has 1 atom stereocenters. The number of halogens is 1. The summed E-state index contributed by atoms with van der Waals surface area (Å²) in [6, 6.07) is 8.23. The lowest BCUT2D eigenvalue weighted by atomic mass is 10.1. The molecule has 0 saturated carbocycles. The predicted octanol–water partition coefficient (Wildman–Crippen LogP) is 2.18. The van der Waals surface area contributed by atoms with E-state index >= 15 is 0 Å². The molecular weight excluding hydrogens is 328 g/mol. The number of hydrogen-bond acceptors (Lipinski definition) is 4. The van der Waals surface area contributed by atoms with Crippen molar-refractivity contribution in [3.8, 4) is 5.75 Å². The number of morpholine rings is 1. The standard InChI is InChI=1S/C18H28N2O3.ClH/c1-14(2)12-23-17-5-3-15(4-6-17)7-8-20-18(21)11-16-13-22-10-9-19-16;/h3-6,14,16,19H,7-13H2,1-2H3,(H,20,21);1H. The minimum absolute atomic E-state index is 0. The summed E-state index contributed by atoms with van der Waals surface area (Å²) in [5, 5.41) is 6.25. The van der Waals surface area contributed by atoms with Gasteiger partial charge in [0.05, 0.1) is 19.8 Å². The minimum Gasteiger partial charge on any atom is -0.493 e. The highest BCUT2D eigenvalue weighted by molar-refractivity contribution is 5.85. The second-order valence-corrected chi connectivity index (χ2v) is 6.38. The van der Waals surface area contributed by atoms with Gasteiger partial charge in [0, 0.05) is 25.6 Å². The van der Waals surface area contributed by atoms with Crippen LogP contribution >= 0.6 is 12.4 Å². The van der Waals surface area contributed by atoms with Gasteiger partial charge in [-0.15, -0.1) is 12.4 Å². The zero-order chi connectivity index (χ0) is 16.5. The monoisotopic (exact) mass is 356 g/mol. The molecule has 24 heavy (non-hydrogen) atoms. The van der Waals surface area contributed by atoms with Crippen molar-refractivity contribution in [3.05, 3.63) is 29.8 Å². The first-order valence-corrected chi connectivity index (χ1v) is 8.43. The molecule has 0 spiro atoms. The zero-order valence-corrected chi connectivity index (χ0v) is 15.4. The van der Waals surface area contributed by atoms with Crippen LogP contribution in [0.25, 0.3) is 0 Å². The summed E-state index contributed by atoms with van der Waals surface area (Å²) in [5.74, 6) is 1.49. The van der Waals surface area contributed by atoms with E-state index in [1.54, 1.807) is 0 Å². The molecule has 0 aromatic heterocycles. The van der Waals surface area contributed by atoms with Crippen LogP contribution in [-0.4, -0.2) is 44.9 Å². The molecule has 0 aliphatic carbocycles. The van der Waals surface area contributed by atoms with Crippen molar-refractivity contribution in [1.29, 1.82) is 0 Å². The van der Waals surface area contributed by atoms with Crippen LogP contribution in [0.15, 0.2) is 24.3 Å². The first kappa shape index (κ1) is 20.7. The summed E-state index contributed by atoms with van der Waals surface area (Å²) in [7, 11) is 0. The molecular formula is C18H29ClN2O3. The molecule has 136 valence electrons. The number of carbonyl (C=O) groups excluding carboxylic acids is 1. The molecule has 1 aliphatic rings. The van der Waals surface area contributed by atoms with Crippen LogP contribution < -0.4 is 15.4 Å². The molecule has 1 aromatic rings. The normalized spacial score (nSPS) is 17.2. The van der Waals surface area contributed by atoms with E-state index in [1.165, 1.54) is 5.56 Å². The third-order valence-electron chi connectivity index (χ3n) is 3.67. The summed E-state index contributed by atoms with van der Waals surface area (Å²) in [6.45, 7) is 7.81. The van der Waals surface area contributed by atoms with Gasteiger partial charge in [-0.05, 0) is 30.0 Å². The Morgan fingerprint density at radius 3 is 2.75 bits per heavy atom. The molecule has 2 rings (SSSR count). The van der Waals surface area contributed by atoms with Crippen LogP contribution in [0.2, 0.25) is 0 Å². The van der Waals surface area contributed by atoms with Gasteiger partial charge in [0.2, 0.25) is 5.91 Å². The second kappa shape index (κ2) is 11.3. The van der Waals surface area contributed by atoms with Gasteiger partial charge in [0.25, 0.3) is 0 Å². The fraction of sp³-hybridized carbons (Fsp3) is 0.611. The summed E-state index contributed by atoms with van der Waals surface area (Å²) in [4.78, 5) is 11.9. The van der Waals surface area contributed by atoms with Gasteiger partial charge in [-0.3, -0.25) is 4.79 Å². The summed E-state index contributed by atoms with van der Waals surface area (Å²) < 4.78 is 11.0. The van der Waals surface area contributed by atoms with E-state index in [-0.39, 0.29) is 24.4 Å². The van der Waals surface area contributed by atoms with E-state index in [2.05, 4.69) is 36.6 Å². The molecule has 0 bridgehead atoms. The maximum Gasteiger partial charge on any atom is 0.221 e. The maximum absolute atomic E-state index is 11.9. The van der Waals surface area contributed by atoms with Gasteiger partial charge in [0.1, 0.15) is 5.75 Å². The van der Waals surface area contributed by atoms with Gasteiger partial charge in [-0.25, -0.2) is 0 Å². The molecule has 5 nitrogen and oxygen atoms in total. The van der Waals surface area contributed by atoms with Gasteiger partial charge < -0.3 is 20.1 Å². The SMILES string of the molecule is CC(C)COc1ccc(CCNC(=O)CC2COCCN2)cc1.Cl. The summed E-state index contributed by atoms with van der Waals surface area (Å²) in [5.41, 5.74) is 1.20. The number of carbonyl (C=O) groups is 1. The number of nitrogens with one attached hydrogen (secondary N) is 2. The average molecular weight is 357 g/mol. The van der Waals surface area contributed by atoms with Gasteiger partial charge >= 0.3 is 0 Å². The van der Waals surface area contributed by atoms with Gasteiger partial charge in [-0.1, -0.05) is 26.0 Å². The minimum atomic E-state index is 0. The molecule has 1 amide bonds. The molecule has 1 heterocycles. The molecule has 1 aromatic carbocycles. The third kappa shape index (κ3) is 7.99. The lowest BCUT2D eigenvalue weighted by Gasteiger charge is -2.23. The highest BCUT2D eigenvalue weighted by Gasteiger charge is 2.16. The van der Waals surface area contributed by atoms with E-state index in [0.717, 1.165) is 31.9 Å². The number of ether oxygens (including phenoxy) is 2. The highest BCUT2D eigenvalue weighted by atomic mass is 35.5. The van der Waals surface area contributed by atoms with Crippen molar-refractivity contribution in [3.63, 3.8) is 0 Å². The van der Waals surface area contributed by atoms with Gasteiger partial charge in [0.15, 0.2) is 0 Å². The third-order valence-corrected chi connectivity index (χ3v) is 3.67. The second-order valence-electron chi connectivity index (χ2n) is 6.38. The molecule has 6 heteroatoms. The number of amides is 1. The van der Waals surface area contributed by atoms with E-state index in [9.17, 15) is 4.79 Å². The number of rotatable bonds is 8. The van der Waals surface area contributed by atoms with Crippen LogP contribution in [0.4, 0.5) is 0 Å². The number of hydrogen-bond donors (Lipinski definition) is 2. The topological polar surface area (TPSA) is 59.6 Å². The summed E-state index contributed by atoms with van der Waals surface area (Å²) >= 11 is 0. The molecule has 0 radical (unpaired) electrons. The van der Waals surface area contributed by atoms with E-state index in [4.69, 9.17) is 9.47 Å². The molecule has 1 aliphatic heterocycles. The van der Waals surface area contributed by atoms with Crippen LogP contribution in [0, 0.1) is 5.92 Å². The Labute approximate surface area is 150 Å². The van der Waals surface area contributed by atoms with Crippen molar-refractivity contribution in [2.45, 2.75) is 32.7 Å². The number of benzene rings is 1. The van der Waals surface area contributed by atoms with Crippen LogP contribution in [0.1, 0.15) is 25.8 Å². The first-order valence-electron chi connectivity index (χ1n) is 8.43. The smallest absolute Gasteiger partial charge is 0.221 e. The average Bonchev–Trinajstić information content (AvgIpc) is 2.55. The Kier molecular flexibility index (Phi) is 9.76. The lowest BCUT2D eigenvalue weighted by Crippen LogP contribution is -2.44. The Bertz CT molecular complexity index is 474. The van der Waals surface area contributed by atoms with E-state index in [0.29, 0.717) is 25.5 Å². The maximum atomic E-state index is 11.9. The van der Waals surface area contributed by atoms with Crippen molar-refractivity contribution in [1.82, 2.24) is 10.6 Å². The summed E-state index contributed by atoms with van der Waals surface area (Å²) in [6.07, 6.45) is 1.30. The Morgan fingerprint density at radius 2 is 2.12 bits per heavy atom. The quantitative estimate of drug-likeness (QED) is 0.749. The van der Waals surface area contributed by atoms with Crippen LogP contribution in [0.3, 0.4) is 0 Å². The Hall–Kier alpha value is -1.30. The molecule has 2 N–H and O–H groups in total. The lowest BCUT2D eigenvalue weighted by molar-refractivity contribution is -0.122. The van der Waals surface area contributed by atoms with E-state index < -0.39 is 0 Å². The van der Waals surface area contributed by atoms with Crippen molar-refractivity contribution in [2.24, 2.45) is 5.92 Å². The molecule has 1 unspecified atom stereocenters. The molecule has 1 fully saturated rings. The Balaban J connectivity index is 0.00000288. The highest BCUT2D eigenvalue weighted by Crippen LogP contribution is 2.13. The predicted molar refractivity (Wildman–Crippen MR) is 98.0 cm³/mol. The van der Waals surface area contributed by atoms with Crippen LogP contribution in [0.5, 0.6) is 5.75 Å². The van der Waals surface area contributed by atoms with Gasteiger partial charge in [-0.2, -0.15) is 0 Å². The zero-order valence-electron chi connectivity index (χ0n) is 14.5. The molecule has 1 saturated heterocycles. The van der Waals surface area contributed by atoms with Crippen molar-refractivity contribution >= 4 is 18.3 Å². The van der Waals surface area contributed by atoms with Crippen molar-refractivity contribution < 1.29 is 14.3 Å². The van der Waals surface area contributed by atoms with Crippen LogP contribution in [-0.2, 0) is 16.0 Å². The van der Waals surface area contributed by atoms with Crippen molar-refractivity contribution in [2.75, 3.05) is 32.9 Å². The Morgan fingerprint density at radius 1 is 1.38 bits per heavy atom.